The van der Waals surface area contributed by atoms with E-state index in [0.717, 1.165) is 18.7 Å². The molecule has 1 N–H and O–H groups in total. The van der Waals surface area contributed by atoms with Crippen molar-refractivity contribution in [2.75, 3.05) is 44.8 Å². The van der Waals surface area contributed by atoms with Crippen molar-refractivity contribution < 1.29 is 9.13 Å². The van der Waals surface area contributed by atoms with Crippen LogP contribution in [0.3, 0.4) is 0 Å². The molecule has 1 fully saturated rings. The molecule has 3 nitrogen and oxygen atoms in total. The van der Waals surface area contributed by atoms with E-state index >= 15 is 0 Å². The van der Waals surface area contributed by atoms with Crippen LogP contribution in [-0.2, 0) is 0 Å². The highest BCUT2D eigenvalue weighted by molar-refractivity contribution is 7.99. The first-order chi connectivity index (χ1) is 9.70. The summed E-state index contributed by atoms with van der Waals surface area (Å²) in [6.07, 6.45) is 0. The lowest BCUT2D eigenvalue weighted by molar-refractivity contribution is 0.296. The van der Waals surface area contributed by atoms with Gasteiger partial charge in [-0.25, -0.2) is 4.39 Å². The first-order valence-corrected chi connectivity index (χ1v) is 8.23. The zero-order chi connectivity index (χ0) is 14.4. The molecule has 112 valence electrons. The van der Waals surface area contributed by atoms with Gasteiger partial charge in [0.25, 0.3) is 0 Å². The molecule has 0 bridgehead atoms. The van der Waals surface area contributed by atoms with Gasteiger partial charge in [-0.15, -0.1) is 0 Å². The van der Waals surface area contributed by atoms with Gasteiger partial charge in [-0.3, -0.25) is 0 Å². The molecule has 1 saturated heterocycles. The van der Waals surface area contributed by atoms with E-state index in [1.807, 2.05) is 17.8 Å². The van der Waals surface area contributed by atoms with Crippen molar-refractivity contribution in [3.8, 4) is 5.75 Å². The van der Waals surface area contributed by atoms with Crippen molar-refractivity contribution in [3.05, 3.63) is 29.6 Å². The largest absolute Gasteiger partial charge is 0.494 e. The molecule has 5 heteroatoms. The number of halogens is 1. The average molecular weight is 298 g/mol. The van der Waals surface area contributed by atoms with E-state index in [9.17, 15) is 4.39 Å². The maximum Gasteiger partial charge on any atom is 0.165 e. The molecule has 0 aromatic heterocycles. The number of ether oxygens (including phenoxy) is 1. The van der Waals surface area contributed by atoms with Crippen LogP contribution < -0.4 is 10.1 Å². The molecule has 1 aliphatic rings. The molecule has 2 rings (SSSR count). The Bertz CT molecular complexity index is 424. The van der Waals surface area contributed by atoms with Gasteiger partial charge in [-0.1, -0.05) is 6.07 Å². The van der Waals surface area contributed by atoms with Gasteiger partial charge in [0.05, 0.1) is 7.11 Å². The van der Waals surface area contributed by atoms with Gasteiger partial charge in [-0.05, 0) is 24.6 Å². The van der Waals surface area contributed by atoms with E-state index in [0.29, 0.717) is 5.75 Å². The van der Waals surface area contributed by atoms with Crippen molar-refractivity contribution in [2.45, 2.75) is 13.0 Å². The highest BCUT2D eigenvalue weighted by atomic mass is 32.2. The second-order valence-electron chi connectivity index (χ2n) is 5.02. The fourth-order valence-electron chi connectivity index (χ4n) is 2.33. The lowest BCUT2D eigenvalue weighted by Crippen LogP contribution is -2.38. The van der Waals surface area contributed by atoms with Crippen LogP contribution in [0.4, 0.5) is 4.39 Å². The summed E-state index contributed by atoms with van der Waals surface area (Å²) in [6, 6.07) is 5.25. The number of benzene rings is 1. The van der Waals surface area contributed by atoms with Crippen LogP contribution in [-0.4, -0.2) is 49.7 Å². The Morgan fingerprint density at radius 2 is 2.15 bits per heavy atom. The molecule has 1 aliphatic heterocycles. The van der Waals surface area contributed by atoms with Crippen LogP contribution in [0.5, 0.6) is 5.75 Å². The van der Waals surface area contributed by atoms with Crippen LogP contribution in [0, 0.1) is 5.82 Å². The summed E-state index contributed by atoms with van der Waals surface area (Å²) in [7, 11) is 1.49. The third kappa shape index (κ3) is 4.36. The first kappa shape index (κ1) is 15.6. The Balaban J connectivity index is 1.80. The zero-order valence-electron chi connectivity index (χ0n) is 12.2. The van der Waals surface area contributed by atoms with Crippen molar-refractivity contribution in [3.63, 3.8) is 0 Å². The first-order valence-electron chi connectivity index (χ1n) is 7.07. The molecular formula is C15H23FN2OS. The third-order valence-corrected chi connectivity index (χ3v) is 4.60. The van der Waals surface area contributed by atoms with E-state index < -0.39 is 0 Å². The second kappa shape index (κ2) is 7.86. The van der Waals surface area contributed by atoms with Crippen molar-refractivity contribution in [2.24, 2.45) is 0 Å². The minimum atomic E-state index is -0.311. The summed E-state index contributed by atoms with van der Waals surface area (Å²) in [4.78, 5) is 2.49. The lowest BCUT2D eigenvalue weighted by Gasteiger charge is -2.27. The molecule has 0 aliphatic carbocycles. The third-order valence-electron chi connectivity index (χ3n) is 3.66. The number of rotatable bonds is 6. The van der Waals surface area contributed by atoms with Crippen LogP contribution in [0.1, 0.15) is 18.5 Å². The van der Waals surface area contributed by atoms with Gasteiger partial charge < -0.3 is 15.0 Å². The predicted octanol–water partition coefficient (Wildman–Crippen LogP) is 2.53. The number of hydrogen-bond donors (Lipinski definition) is 1. The summed E-state index contributed by atoms with van der Waals surface area (Å²) < 4.78 is 18.4. The SMILES string of the molecule is COc1cc(C(C)NCCN2CCSCC2)ccc1F. The number of methoxy groups -OCH3 is 1. The predicted molar refractivity (Wildman–Crippen MR) is 83.1 cm³/mol. The summed E-state index contributed by atoms with van der Waals surface area (Å²) in [6.45, 7) is 6.49. The monoisotopic (exact) mass is 298 g/mol. The van der Waals surface area contributed by atoms with Gasteiger partial charge in [0.2, 0.25) is 0 Å². The molecule has 0 radical (unpaired) electrons. The van der Waals surface area contributed by atoms with Gasteiger partial charge in [-0.2, -0.15) is 11.8 Å². The molecular weight excluding hydrogens is 275 g/mol. The summed E-state index contributed by atoms with van der Waals surface area (Å²) in [5, 5.41) is 3.49. The van der Waals surface area contributed by atoms with Gasteiger partial charge >= 0.3 is 0 Å². The highest BCUT2D eigenvalue weighted by Crippen LogP contribution is 2.22. The van der Waals surface area contributed by atoms with Crippen LogP contribution in [0.15, 0.2) is 18.2 Å². The smallest absolute Gasteiger partial charge is 0.165 e. The Morgan fingerprint density at radius 3 is 2.85 bits per heavy atom. The molecule has 1 atom stereocenters. The molecule has 20 heavy (non-hydrogen) atoms. The minimum Gasteiger partial charge on any atom is -0.494 e. The molecule has 0 spiro atoms. The zero-order valence-corrected chi connectivity index (χ0v) is 13.0. The fraction of sp³-hybridized carbons (Fsp3) is 0.600. The van der Waals surface area contributed by atoms with Crippen LogP contribution >= 0.6 is 11.8 Å². The Morgan fingerprint density at radius 1 is 1.40 bits per heavy atom. The molecule has 1 unspecified atom stereocenters. The summed E-state index contributed by atoms with van der Waals surface area (Å²) in [5.74, 6) is 2.48. The number of hydrogen-bond acceptors (Lipinski definition) is 4. The van der Waals surface area contributed by atoms with Gasteiger partial charge in [0, 0.05) is 43.7 Å². The van der Waals surface area contributed by atoms with Crippen molar-refractivity contribution in [1.29, 1.82) is 0 Å². The van der Waals surface area contributed by atoms with Crippen molar-refractivity contribution >= 4 is 11.8 Å². The lowest BCUT2D eigenvalue weighted by atomic mass is 10.1. The fourth-order valence-corrected chi connectivity index (χ4v) is 3.31. The number of nitrogens with zero attached hydrogens (tertiary/aromatic N) is 1. The van der Waals surface area contributed by atoms with Gasteiger partial charge in [0.1, 0.15) is 0 Å². The summed E-state index contributed by atoms with van der Waals surface area (Å²) >= 11 is 2.03. The Kier molecular flexibility index (Phi) is 6.13. The topological polar surface area (TPSA) is 24.5 Å². The average Bonchev–Trinajstić information content (AvgIpc) is 2.48. The Hall–Kier alpha value is -0.780. The minimum absolute atomic E-state index is 0.198. The van der Waals surface area contributed by atoms with E-state index in [-0.39, 0.29) is 11.9 Å². The number of nitrogens with one attached hydrogen (secondary N) is 1. The molecule has 0 amide bonds. The van der Waals surface area contributed by atoms with E-state index in [1.54, 1.807) is 6.07 Å². The number of thioether (sulfide) groups is 1. The standard InChI is InChI=1S/C15H23FN2OS/c1-12(13-3-4-14(16)15(11-13)19-2)17-5-6-18-7-9-20-10-8-18/h3-4,11-12,17H,5-10H2,1-2H3. The maximum absolute atomic E-state index is 13.4. The highest BCUT2D eigenvalue weighted by Gasteiger charge is 2.12. The van der Waals surface area contributed by atoms with Crippen molar-refractivity contribution in [1.82, 2.24) is 10.2 Å². The van der Waals surface area contributed by atoms with E-state index in [1.165, 1.54) is 37.8 Å². The van der Waals surface area contributed by atoms with Crippen LogP contribution in [0.25, 0.3) is 0 Å². The molecule has 1 heterocycles. The van der Waals surface area contributed by atoms with E-state index in [4.69, 9.17) is 4.74 Å². The molecule has 1 aromatic rings. The summed E-state index contributed by atoms with van der Waals surface area (Å²) in [5.41, 5.74) is 1.05. The van der Waals surface area contributed by atoms with Crippen LogP contribution in [0.2, 0.25) is 0 Å². The van der Waals surface area contributed by atoms with E-state index in [2.05, 4.69) is 17.1 Å². The molecule has 1 aromatic carbocycles. The second-order valence-corrected chi connectivity index (χ2v) is 6.25. The quantitative estimate of drug-likeness (QED) is 0.872. The van der Waals surface area contributed by atoms with Gasteiger partial charge in [0.15, 0.2) is 11.6 Å². The maximum atomic E-state index is 13.4. The molecule has 0 saturated carbocycles. The Labute approximate surface area is 124 Å². The normalized spacial score (nSPS) is 17.9.